The molecule has 8 heteroatoms. The number of amides is 3. The van der Waals surface area contributed by atoms with Gasteiger partial charge in [0, 0.05) is 38.8 Å². The zero-order valence-electron chi connectivity index (χ0n) is 20.9. The van der Waals surface area contributed by atoms with Gasteiger partial charge in [-0.2, -0.15) is 0 Å². The second-order valence-corrected chi connectivity index (χ2v) is 9.96. The van der Waals surface area contributed by atoms with Gasteiger partial charge in [0.1, 0.15) is 11.6 Å². The number of ether oxygens (including phenoxy) is 1. The van der Waals surface area contributed by atoms with Crippen LogP contribution in [0, 0.1) is 11.8 Å². The van der Waals surface area contributed by atoms with Crippen LogP contribution in [0.3, 0.4) is 0 Å². The highest BCUT2D eigenvalue weighted by Crippen LogP contribution is 2.59. The summed E-state index contributed by atoms with van der Waals surface area (Å²) in [6, 6.07) is -0.841. The van der Waals surface area contributed by atoms with Crippen LogP contribution < -0.4 is 0 Å². The summed E-state index contributed by atoms with van der Waals surface area (Å²) in [5, 5.41) is 9.28. The third kappa shape index (κ3) is 4.42. The van der Waals surface area contributed by atoms with Gasteiger partial charge in [-0.3, -0.25) is 14.4 Å². The number of unbranched alkanes of at least 4 members (excludes halogenated alkanes) is 1. The maximum Gasteiger partial charge on any atom is 0.248 e. The number of aliphatic hydroxyl groups excluding tert-OH is 1. The zero-order valence-corrected chi connectivity index (χ0v) is 20.9. The van der Waals surface area contributed by atoms with Gasteiger partial charge in [-0.1, -0.05) is 19.1 Å². The van der Waals surface area contributed by atoms with Crippen molar-refractivity contribution in [3.05, 3.63) is 25.3 Å². The molecule has 190 valence electrons. The average molecular weight is 476 g/mol. The molecule has 3 aliphatic rings. The van der Waals surface area contributed by atoms with Gasteiger partial charge in [0.15, 0.2) is 0 Å². The van der Waals surface area contributed by atoms with E-state index in [1.807, 2.05) is 20.8 Å². The van der Waals surface area contributed by atoms with Crippen molar-refractivity contribution >= 4 is 17.7 Å². The van der Waals surface area contributed by atoms with Gasteiger partial charge in [-0.15, -0.1) is 13.2 Å². The first-order valence-electron chi connectivity index (χ1n) is 12.7. The minimum absolute atomic E-state index is 0.0248. The minimum Gasteiger partial charge on any atom is -0.396 e. The zero-order chi connectivity index (χ0) is 25.0. The molecule has 2 unspecified atom stereocenters. The molecule has 3 heterocycles. The second kappa shape index (κ2) is 11.0. The Balaban J connectivity index is 2.01. The van der Waals surface area contributed by atoms with E-state index in [0.29, 0.717) is 51.9 Å². The van der Waals surface area contributed by atoms with E-state index in [-0.39, 0.29) is 36.5 Å². The molecule has 0 saturated carbocycles. The van der Waals surface area contributed by atoms with Gasteiger partial charge in [0.25, 0.3) is 0 Å². The molecule has 1 N–H and O–H groups in total. The van der Waals surface area contributed by atoms with Crippen LogP contribution in [0.15, 0.2) is 25.3 Å². The van der Waals surface area contributed by atoms with Crippen LogP contribution in [0.4, 0.5) is 0 Å². The molecule has 8 nitrogen and oxygen atoms in total. The van der Waals surface area contributed by atoms with Crippen LogP contribution in [0.2, 0.25) is 0 Å². The van der Waals surface area contributed by atoms with Crippen molar-refractivity contribution in [3.63, 3.8) is 0 Å². The lowest BCUT2D eigenvalue weighted by molar-refractivity contribution is -0.149. The smallest absolute Gasteiger partial charge is 0.248 e. The molecule has 0 aromatic rings. The Hall–Kier alpha value is -2.19. The fourth-order valence-corrected chi connectivity index (χ4v) is 6.13. The van der Waals surface area contributed by atoms with Gasteiger partial charge in [-0.25, -0.2) is 0 Å². The number of aliphatic hydroxyl groups is 1. The van der Waals surface area contributed by atoms with Crippen molar-refractivity contribution in [1.82, 2.24) is 14.7 Å². The van der Waals surface area contributed by atoms with E-state index >= 15 is 0 Å². The fraction of sp³-hybridized carbons (Fsp3) is 0.731. The number of carbonyl (C=O) groups is 3. The predicted octanol–water partition coefficient (Wildman–Crippen LogP) is 1.98. The average Bonchev–Trinajstić information content (AvgIpc) is 3.44. The molecule has 0 aromatic heterocycles. The Morgan fingerprint density at radius 3 is 2.53 bits per heavy atom. The molecular weight excluding hydrogens is 434 g/mol. The maximum atomic E-state index is 14.0. The highest BCUT2D eigenvalue weighted by atomic mass is 16.5. The number of rotatable bonds is 13. The standard InChI is InChI=1S/C26H41N3O5/c1-6-13-27(14-7-2)23(31)20-19-11-12-26(34-19)21(20)24(32)29(16-9-10-17-30)22(26)25(33)28(15-8-3)18(4)5/h6,8,18-22,30H,1,3,7,9-17H2,2,4-5H3/t19-,20+,21-,22?,26?/m0/s1. The van der Waals surface area contributed by atoms with Crippen molar-refractivity contribution < 1.29 is 24.2 Å². The van der Waals surface area contributed by atoms with E-state index in [1.54, 1.807) is 26.9 Å². The normalized spacial score (nSPS) is 29.4. The van der Waals surface area contributed by atoms with Gasteiger partial charge < -0.3 is 24.5 Å². The highest BCUT2D eigenvalue weighted by Gasteiger charge is 2.74. The summed E-state index contributed by atoms with van der Waals surface area (Å²) in [6.45, 7) is 15.3. The molecular formula is C26H41N3O5. The largest absolute Gasteiger partial charge is 0.396 e. The minimum atomic E-state index is -0.987. The maximum absolute atomic E-state index is 14.0. The van der Waals surface area contributed by atoms with E-state index in [9.17, 15) is 19.5 Å². The molecule has 3 aliphatic heterocycles. The van der Waals surface area contributed by atoms with Crippen LogP contribution >= 0.6 is 0 Å². The molecule has 2 bridgehead atoms. The summed E-state index contributed by atoms with van der Waals surface area (Å²) in [5.41, 5.74) is -0.987. The molecule has 0 aromatic carbocycles. The number of carbonyl (C=O) groups excluding carboxylic acids is 3. The summed E-state index contributed by atoms with van der Waals surface area (Å²) >= 11 is 0. The van der Waals surface area contributed by atoms with Crippen molar-refractivity contribution in [1.29, 1.82) is 0 Å². The van der Waals surface area contributed by atoms with Crippen molar-refractivity contribution in [3.8, 4) is 0 Å². The molecule has 3 fully saturated rings. The number of hydrogen-bond donors (Lipinski definition) is 1. The first-order chi connectivity index (χ1) is 16.3. The van der Waals surface area contributed by atoms with E-state index in [2.05, 4.69) is 13.2 Å². The van der Waals surface area contributed by atoms with Crippen LogP contribution in [0.25, 0.3) is 0 Å². The number of likely N-dealkylation sites (tertiary alicyclic amines) is 1. The molecule has 34 heavy (non-hydrogen) atoms. The van der Waals surface area contributed by atoms with Crippen LogP contribution in [0.1, 0.15) is 52.9 Å². The lowest BCUT2D eigenvalue weighted by Crippen LogP contribution is -2.57. The van der Waals surface area contributed by atoms with Gasteiger partial charge >= 0.3 is 0 Å². The van der Waals surface area contributed by atoms with E-state index in [1.165, 1.54) is 0 Å². The van der Waals surface area contributed by atoms with Crippen molar-refractivity contribution in [2.45, 2.75) is 76.7 Å². The summed E-state index contributed by atoms with van der Waals surface area (Å²) < 4.78 is 6.51. The van der Waals surface area contributed by atoms with Crippen LogP contribution in [-0.4, -0.2) is 94.1 Å². The first-order valence-corrected chi connectivity index (χ1v) is 12.7. The molecule has 1 spiro atoms. The van der Waals surface area contributed by atoms with Crippen molar-refractivity contribution in [2.24, 2.45) is 11.8 Å². The Morgan fingerprint density at radius 1 is 1.24 bits per heavy atom. The summed E-state index contributed by atoms with van der Waals surface area (Å²) in [5.74, 6) is -1.65. The molecule has 0 aliphatic carbocycles. The third-order valence-electron chi connectivity index (χ3n) is 7.51. The summed E-state index contributed by atoms with van der Waals surface area (Å²) in [6.07, 6.45) is 6.21. The molecule has 3 saturated heterocycles. The summed E-state index contributed by atoms with van der Waals surface area (Å²) in [4.78, 5) is 46.6. The Kier molecular flexibility index (Phi) is 8.57. The topological polar surface area (TPSA) is 90.4 Å². The Bertz CT molecular complexity index is 799. The van der Waals surface area contributed by atoms with Crippen LogP contribution in [-0.2, 0) is 19.1 Å². The van der Waals surface area contributed by atoms with Gasteiger partial charge in [-0.05, 0) is 46.0 Å². The second-order valence-electron chi connectivity index (χ2n) is 9.96. The van der Waals surface area contributed by atoms with Gasteiger partial charge in [0.2, 0.25) is 17.7 Å². The number of hydrogen-bond acceptors (Lipinski definition) is 5. The lowest BCUT2D eigenvalue weighted by Gasteiger charge is -2.38. The highest BCUT2D eigenvalue weighted by molar-refractivity contribution is 5.99. The van der Waals surface area contributed by atoms with E-state index in [0.717, 1.165) is 6.42 Å². The van der Waals surface area contributed by atoms with E-state index < -0.39 is 23.5 Å². The Morgan fingerprint density at radius 2 is 1.94 bits per heavy atom. The molecule has 3 rings (SSSR count). The molecule has 0 radical (unpaired) electrons. The number of nitrogens with zero attached hydrogens (tertiary/aromatic N) is 3. The predicted molar refractivity (Wildman–Crippen MR) is 130 cm³/mol. The monoisotopic (exact) mass is 475 g/mol. The van der Waals surface area contributed by atoms with Crippen LogP contribution in [0.5, 0.6) is 0 Å². The Labute approximate surface area is 203 Å². The number of fused-ring (bicyclic) bond motifs is 1. The lowest BCUT2D eigenvalue weighted by atomic mass is 9.70. The fourth-order valence-electron chi connectivity index (χ4n) is 6.13. The first kappa shape index (κ1) is 26.4. The third-order valence-corrected chi connectivity index (χ3v) is 7.51. The van der Waals surface area contributed by atoms with Gasteiger partial charge in [0.05, 0.1) is 17.9 Å². The van der Waals surface area contributed by atoms with Crippen molar-refractivity contribution in [2.75, 3.05) is 32.8 Å². The molecule has 3 amide bonds. The van der Waals surface area contributed by atoms with E-state index in [4.69, 9.17) is 4.74 Å². The molecule has 5 atom stereocenters. The summed E-state index contributed by atoms with van der Waals surface area (Å²) in [7, 11) is 0. The quantitative estimate of drug-likeness (QED) is 0.325. The SMILES string of the molecule is C=CCN(CCC)C(=O)[C@@H]1[C@@H]2CCC3(O2)C(C(=O)N(CC=C)C(C)C)N(CCCCO)C(=O)[C@H]13.